The second-order valence-corrected chi connectivity index (χ2v) is 6.34. The minimum atomic E-state index is -3.77. The summed E-state index contributed by atoms with van der Waals surface area (Å²) in [6.07, 6.45) is 1.37. The largest absolute Gasteiger partial charge is 0.320 e. The Morgan fingerprint density at radius 3 is 2.52 bits per heavy atom. The summed E-state index contributed by atoms with van der Waals surface area (Å²) in [4.78, 5) is 15.9. The van der Waals surface area contributed by atoms with Gasteiger partial charge in [-0.1, -0.05) is 11.6 Å². The van der Waals surface area contributed by atoms with E-state index in [9.17, 15) is 13.2 Å². The molecular weight excluding hydrogens is 314 g/mol. The van der Waals surface area contributed by atoms with Gasteiger partial charge in [0.05, 0.1) is 9.92 Å². The van der Waals surface area contributed by atoms with Gasteiger partial charge in [-0.05, 0) is 42.8 Å². The Kier molecular flexibility index (Phi) is 4.26. The SMILES string of the molecule is Cc1cc(S(N)(=O)=O)ccc1NC(=O)c1ccc(Cl)cn1. The maximum Gasteiger partial charge on any atom is 0.274 e. The molecule has 110 valence electrons. The number of anilines is 1. The van der Waals surface area contributed by atoms with Crippen LogP contribution in [-0.4, -0.2) is 19.3 Å². The van der Waals surface area contributed by atoms with Gasteiger partial charge in [-0.3, -0.25) is 4.79 Å². The number of amides is 1. The van der Waals surface area contributed by atoms with Crippen LogP contribution in [0.25, 0.3) is 0 Å². The fourth-order valence-electron chi connectivity index (χ4n) is 1.65. The second-order valence-electron chi connectivity index (χ2n) is 4.34. The lowest BCUT2D eigenvalue weighted by molar-refractivity contribution is 0.102. The van der Waals surface area contributed by atoms with Crippen LogP contribution in [-0.2, 0) is 10.0 Å². The number of rotatable bonds is 3. The van der Waals surface area contributed by atoms with E-state index in [2.05, 4.69) is 10.3 Å². The van der Waals surface area contributed by atoms with Crippen molar-refractivity contribution in [3.05, 3.63) is 52.8 Å². The van der Waals surface area contributed by atoms with E-state index in [0.717, 1.165) is 0 Å². The average molecular weight is 326 g/mol. The topological polar surface area (TPSA) is 102 Å². The number of aryl methyl sites for hydroxylation is 1. The number of carbonyl (C=O) groups excluding carboxylic acids is 1. The van der Waals surface area contributed by atoms with Gasteiger partial charge in [0.1, 0.15) is 5.69 Å². The molecule has 1 aromatic heterocycles. The smallest absolute Gasteiger partial charge is 0.274 e. The van der Waals surface area contributed by atoms with Gasteiger partial charge >= 0.3 is 0 Å². The predicted molar refractivity (Wildman–Crippen MR) is 79.8 cm³/mol. The van der Waals surface area contributed by atoms with Gasteiger partial charge < -0.3 is 5.32 Å². The van der Waals surface area contributed by atoms with Crippen LogP contribution in [0.4, 0.5) is 5.69 Å². The van der Waals surface area contributed by atoms with Gasteiger partial charge in [0.15, 0.2) is 0 Å². The minimum absolute atomic E-state index is 0.0115. The molecule has 0 bridgehead atoms. The van der Waals surface area contributed by atoms with Gasteiger partial charge in [-0.2, -0.15) is 0 Å². The molecule has 2 aromatic rings. The molecule has 0 aliphatic heterocycles. The van der Waals surface area contributed by atoms with Gasteiger partial charge in [-0.25, -0.2) is 18.5 Å². The molecule has 0 aliphatic rings. The summed E-state index contributed by atoms with van der Waals surface area (Å²) < 4.78 is 22.5. The summed E-state index contributed by atoms with van der Waals surface area (Å²) in [6.45, 7) is 1.67. The first-order valence-corrected chi connectivity index (χ1v) is 7.76. The van der Waals surface area contributed by atoms with E-state index < -0.39 is 15.9 Å². The number of nitrogens with one attached hydrogen (secondary N) is 1. The molecule has 0 aliphatic carbocycles. The molecule has 1 aromatic carbocycles. The summed E-state index contributed by atoms with van der Waals surface area (Å²) in [5.74, 6) is -0.418. The summed E-state index contributed by atoms with van der Waals surface area (Å²) in [5, 5.41) is 8.12. The number of hydrogen-bond donors (Lipinski definition) is 2. The summed E-state index contributed by atoms with van der Waals surface area (Å²) in [6, 6.07) is 7.24. The lowest BCUT2D eigenvalue weighted by Gasteiger charge is -2.09. The molecular formula is C13H12ClN3O3S. The molecule has 0 fully saturated rings. The fourth-order valence-corrected chi connectivity index (χ4v) is 2.36. The van der Waals surface area contributed by atoms with Crippen LogP contribution < -0.4 is 10.5 Å². The third-order valence-corrected chi connectivity index (χ3v) is 3.87. The van der Waals surface area contributed by atoms with E-state index in [1.807, 2.05) is 0 Å². The Hall–Kier alpha value is -1.96. The van der Waals surface area contributed by atoms with Crippen molar-refractivity contribution in [2.75, 3.05) is 5.32 Å². The van der Waals surface area contributed by atoms with Gasteiger partial charge in [0.2, 0.25) is 10.0 Å². The molecule has 0 radical (unpaired) electrons. The van der Waals surface area contributed by atoms with Crippen LogP contribution >= 0.6 is 11.6 Å². The number of benzene rings is 1. The highest BCUT2D eigenvalue weighted by atomic mass is 35.5. The van der Waals surface area contributed by atoms with E-state index in [4.69, 9.17) is 16.7 Å². The van der Waals surface area contributed by atoms with Crippen molar-refractivity contribution >= 4 is 33.2 Å². The van der Waals surface area contributed by atoms with Crippen LogP contribution in [0, 0.1) is 6.92 Å². The zero-order valence-corrected chi connectivity index (χ0v) is 12.6. The first-order chi connectivity index (χ1) is 9.77. The van der Waals surface area contributed by atoms with Crippen molar-refractivity contribution in [2.45, 2.75) is 11.8 Å². The Bertz CT molecular complexity index is 789. The number of hydrogen-bond acceptors (Lipinski definition) is 4. The molecule has 0 unspecified atom stereocenters. The van der Waals surface area contributed by atoms with Gasteiger partial charge in [-0.15, -0.1) is 0 Å². The van der Waals surface area contributed by atoms with Crippen LogP contribution in [0.2, 0.25) is 5.02 Å². The van der Waals surface area contributed by atoms with Crippen molar-refractivity contribution < 1.29 is 13.2 Å². The third-order valence-electron chi connectivity index (χ3n) is 2.73. The van der Waals surface area contributed by atoms with Gasteiger partial charge in [0, 0.05) is 11.9 Å². The van der Waals surface area contributed by atoms with Crippen LogP contribution in [0.3, 0.4) is 0 Å². The zero-order chi connectivity index (χ0) is 15.6. The Morgan fingerprint density at radius 1 is 1.29 bits per heavy atom. The normalized spacial score (nSPS) is 11.2. The monoisotopic (exact) mass is 325 g/mol. The molecule has 21 heavy (non-hydrogen) atoms. The quantitative estimate of drug-likeness (QED) is 0.900. The second kappa shape index (κ2) is 5.80. The number of halogens is 1. The maximum absolute atomic E-state index is 12.0. The summed E-state index contributed by atoms with van der Waals surface area (Å²) in [7, 11) is -3.77. The number of pyridine rings is 1. The highest BCUT2D eigenvalue weighted by Gasteiger charge is 2.12. The Morgan fingerprint density at radius 2 is 2.00 bits per heavy atom. The minimum Gasteiger partial charge on any atom is -0.320 e. The molecule has 0 spiro atoms. The van der Waals surface area contributed by atoms with E-state index in [0.29, 0.717) is 16.3 Å². The van der Waals surface area contributed by atoms with E-state index in [1.165, 1.54) is 30.5 Å². The number of primary sulfonamides is 1. The number of nitrogens with two attached hydrogens (primary N) is 1. The molecule has 0 saturated carbocycles. The van der Waals surface area contributed by atoms with Crippen molar-refractivity contribution in [3.63, 3.8) is 0 Å². The lowest BCUT2D eigenvalue weighted by Crippen LogP contribution is -2.15. The third kappa shape index (κ3) is 3.78. The van der Waals surface area contributed by atoms with Crippen molar-refractivity contribution in [2.24, 2.45) is 5.14 Å². The highest BCUT2D eigenvalue weighted by molar-refractivity contribution is 7.89. The standard InChI is InChI=1S/C13H12ClN3O3S/c1-8-6-10(21(15,19)20)3-5-11(8)17-13(18)12-4-2-9(14)7-16-12/h2-7H,1H3,(H,17,18)(H2,15,19,20). The lowest BCUT2D eigenvalue weighted by atomic mass is 10.2. The van der Waals surface area contributed by atoms with Crippen LogP contribution in [0.1, 0.15) is 16.1 Å². The average Bonchev–Trinajstić information content (AvgIpc) is 2.40. The van der Waals surface area contributed by atoms with Crippen molar-refractivity contribution in [1.29, 1.82) is 0 Å². The Balaban J connectivity index is 2.24. The van der Waals surface area contributed by atoms with E-state index in [1.54, 1.807) is 13.0 Å². The Labute approximate surface area is 127 Å². The number of nitrogens with zero attached hydrogens (tertiary/aromatic N) is 1. The zero-order valence-electron chi connectivity index (χ0n) is 11.0. The molecule has 1 heterocycles. The van der Waals surface area contributed by atoms with E-state index >= 15 is 0 Å². The molecule has 2 rings (SSSR count). The molecule has 6 nitrogen and oxygen atoms in total. The molecule has 8 heteroatoms. The molecule has 0 atom stereocenters. The van der Waals surface area contributed by atoms with Crippen molar-refractivity contribution in [1.82, 2.24) is 4.98 Å². The number of carbonyl (C=O) groups is 1. The van der Waals surface area contributed by atoms with E-state index in [-0.39, 0.29) is 10.6 Å². The molecule has 0 saturated heterocycles. The first kappa shape index (κ1) is 15.4. The van der Waals surface area contributed by atoms with Gasteiger partial charge in [0.25, 0.3) is 5.91 Å². The number of sulfonamides is 1. The highest BCUT2D eigenvalue weighted by Crippen LogP contribution is 2.19. The summed E-state index contributed by atoms with van der Waals surface area (Å²) >= 11 is 5.70. The van der Waals surface area contributed by atoms with Crippen LogP contribution in [0.5, 0.6) is 0 Å². The number of aromatic nitrogens is 1. The summed E-state index contributed by atoms with van der Waals surface area (Å²) in [5.41, 5.74) is 1.25. The molecule has 1 amide bonds. The predicted octanol–water partition coefficient (Wildman–Crippen LogP) is 1.94. The van der Waals surface area contributed by atoms with Crippen molar-refractivity contribution in [3.8, 4) is 0 Å². The fraction of sp³-hybridized carbons (Fsp3) is 0.0769. The molecule has 3 N–H and O–H groups in total. The maximum atomic E-state index is 12.0. The first-order valence-electron chi connectivity index (χ1n) is 5.84. The van der Waals surface area contributed by atoms with Crippen LogP contribution in [0.15, 0.2) is 41.4 Å².